The molecule has 0 saturated carbocycles. The lowest BCUT2D eigenvalue weighted by atomic mass is 10.1. The second-order valence-corrected chi connectivity index (χ2v) is 4.52. The monoisotopic (exact) mass is 236 g/mol. The fourth-order valence-corrected chi connectivity index (χ4v) is 2.23. The Labute approximate surface area is 102 Å². The number of benzene rings is 1. The number of hydrogen-bond acceptors (Lipinski definition) is 4. The van der Waals surface area contributed by atoms with Crippen molar-refractivity contribution in [1.82, 2.24) is 4.90 Å². The number of ether oxygens (including phenoxy) is 1. The number of aliphatic hydroxyl groups excluding tert-OH is 1. The van der Waals surface area contributed by atoms with Gasteiger partial charge in [0.2, 0.25) is 0 Å². The number of nitrogen functional groups attached to an aromatic ring is 1. The SMILES string of the molecule is CC(c1cccc(N)c1)N1CCOC(CO)C1. The van der Waals surface area contributed by atoms with E-state index in [4.69, 9.17) is 15.6 Å². The van der Waals surface area contributed by atoms with Crippen LogP contribution in [0.4, 0.5) is 5.69 Å². The lowest BCUT2D eigenvalue weighted by molar-refractivity contribution is -0.0633. The van der Waals surface area contributed by atoms with Crippen LogP contribution >= 0.6 is 0 Å². The van der Waals surface area contributed by atoms with Crippen LogP contribution in [-0.4, -0.2) is 42.4 Å². The van der Waals surface area contributed by atoms with Gasteiger partial charge in [-0.05, 0) is 24.6 Å². The van der Waals surface area contributed by atoms with Crippen LogP contribution in [0.5, 0.6) is 0 Å². The van der Waals surface area contributed by atoms with Gasteiger partial charge in [-0.3, -0.25) is 4.90 Å². The first-order valence-electron chi connectivity index (χ1n) is 6.02. The molecule has 94 valence electrons. The maximum absolute atomic E-state index is 9.13. The summed E-state index contributed by atoms with van der Waals surface area (Å²) in [6.45, 7) is 4.59. The molecule has 1 aliphatic rings. The van der Waals surface area contributed by atoms with Gasteiger partial charge in [0.05, 0.1) is 19.3 Å². The van der Waals surface area contributed by atoms with Gasteiger partial charge < -0.3 is 15.6 Å². The zero-order valence-electron chi connectivity index (χ0n) is 10.2. The van der Waals surface area contributed by atoms with Gasteiger partial charge in [0, 0.05) is 24.8 Å². The highest BCUT2D eigenvalue weighted by molar-refractivity contribution is 5.41. The van der Waals surface area contributed by atoms with Crippen LogP contribution in [0.25, 0.3) is 0 Å². The Kier molecular flexibility index (Phi) is 3.99. The quantitative estimate of drug-likeness (QED) is 0.769. The Morgan fingerprint density at radius 1 is 1.59 bits per heavy atom. The highest BCUT2D eigenvalue weighted by Gasteiger charge is 2.24. The van der Waals surface area contributed by atoms with Crippen molar-refractivity contribution < 1.29 is 9.84 Å². The summed E-state index contributed by atoms with van der Waals surface area (Å²) in [6.07, 6.45) is -0.0627. The summed E-state index contributed by atoms with van der Waals surface area (Å²) in [5.74, 6) is 0. The maximum atomic E-state index is 9.13. The average molecular weight is 236 g/mol. The van der Waals surface area contributed by atoms with Crippen LogP contribution in [0.3, 0.4) is 0 Å². The Hall–Kier alpha value is -1.10. The first kappa shape index (κ1) is 12.4. The fourth-order valence-electron chi connectivity index (χ4n) is 2.23. The molecule has 2 unspecified atom stereocenters. The number of anilines is 1. The minimum Gasteiger partial charge on any atom is -0.399 e. The predicted molar refractivity (Wildman–Crippen MR) is 67.7 cm³/mol. The Bertz CT molecular complexity index is 370. The van der Waals surface area contributed by atoms with Gasteiger partial charge in [-0.1, -0.05) is 12.1 Å². The van der Waals surface area contributed by atoms with Gasteiger partial charge >= 0.3 is 0 Å². The van der Waals surface area contributed by atoms with Gasteiger partial charge in [-0.25, -0.2) is 0 Å². The van der Waals surface area contributed by atoms with Gasteiger partial charge in [0.25, 0.3) is 0 Å². The Morgan fingerprint density at radius 2 is 2.41 bits per heavy atom. The normalized spacial score (nSPS) is 23.5. The third-order valence-corrected chi connectivity index (χ3v) is 3.31. The number of aliphatic hydroxyl groups is 1. The average Bonchev–Trinajstić information content (AvgIpc) is 2.38. The van der Waals surface area contributed by atoms with Crippen molar-refractivity contribution in [2.24, 2.45) is 0 Å². The van der Waals surface area contributed by atoms with Crippen molar-refractivity contribution in [1.29, 1.82) is 0 Å². The summed E-state index contributed by atoms with van der Waals surface area (Å²) in [5.41, 5.74) is 7.80. The molecule has 2 atom stereocenters. The van der Waals surface area contributed by atoms with E-state index in [1.807, 2.05) is 18.2 Å². The summed E-state index contributed by atoms with van der Waals surface area (Å²) >= 11 is 0. The van der Waals surface area contributed by atoms with E-state index < -0.39 is 0 Å². The molecule has 3 N–H and O–H groups in total. The topological polar surface area (TPSA) is 58.7 Å². The van der Waals surface area contributed by atoms with Gasteiger partial charge in [-0.2, -0.15) is 0 Å². The Balaban J connectivity index is 2.06. The highest BCUT2D eigenvalue weighted by atomic mass is 16.5. The van der Waals surface area contributed by atoms with Gasteiger partial charge in [-0.15, -0.1) is 0 Å². The first-order valence-corrected chi connectivity index (χ1v) is 6.02. The van der Waals surface area contributed by atoms with E-state index in [-0.39, 0.29) is 12.7 Å². The van der Waals surface area contributed by atoms with Gasteiger partial charge in [0.15, 0.2) is 0 Å². The molecule has 4 heteroatoms. The van der Waals surface area contributed by atoms with Crippen LogP contribution in [0, 0.1) is 0 Å². The van der Waals surface area contributed by atoms with E-state index in [2.05, 4.69) is 17.9 Å². The van der Waals surface area contributed by atoms with Crippen molar-refractivity contribution in [3.05, 3.63) is 29.8 Å². The smallest absolute Gasteiger partial charge is 0.0933 e. The van der Waals surface area contributed by atoms with Crippen molar-refractivity contribution in [3.8, 4) is 0 Å². The largest absolute Gasteiger partial charge is 0.399 e. The van der Waals surface area contributed by atoms with Crippen LogP contribution in [0.2, 0.25) is 0 Å². The molecule has 2 rings (SSSR count). The molecule has 0 bridgehead atoms. The molecule has 1 aromatic carbocycles. The van der Waals surface area contributed by atoms with Crippen LogP contribution in [0.15, 0.2) is 24.3 Å². The van der Waals surface area contributed by atoms with Gasteiger partial charge in [0.1, 0.15) is 0 Å². The molecular formula is C13H20N2O2. The summed E-state index contributed by atoms with van der Waals surface area (Å²) in [7, 11) is 0. The summed E-state index contributed by atoms with van der Waals surface area (Å²) in [6, 6.07) is 8.27. The first-order chi connectivity index (χ1) is 8.20. The molecule has 1 saturated heterocycles. The van der Waals surface area contributed by atoms with E-state index in [0.717, 1.165) is 18.8 Å². The van der Waals surface area contributed by atoms with Crippen molar-refractivity contribution in [2.45, 2.75) is 19.1 Å². The maximum Gasteiger partial charge on any atom is 0.0933 e. The third-order valence-electron chi connectivity index (χ3n) is 3.31. The number of nitrogens with zero attached hydrogens (tertiary/aromatic N) is 1. The van der Waals surface area contributed by atoms with E-state index in [1.54, 1.807) is 0 Å². The molecule has 0 radical (unpaired) electrons. The van der Waals surface area contributed by atoms with E-state index in [1.165, 1.54) is 5.56 Å². The van der Waals surface area contributed by atoms with Crippen molar-refractivity contribution in [3.63, 3.8) is 0 Å². The molecule has 4 nitrogen and oxygen atoms in total. The van der Waals surface area contributed by atoms with Crippen LogP contribution < -0.4 is 5.73 Å². The minimum absolute atomic E-state index is 0.0627. The molecule has 0 aromatic heterocycles. The molecule has 0 amide bonds. The minimum atomic E-state index is -0.0627. The Morgan fingerprint density at radius 3 is 3.12 bits per heavy atom. The summed E-state index contributed by atoms with van der Waals surface area (Å²) < 4.78 is 5.45. The van der Waals surface area contributed by atoms with E-state index in [0.29, 0.717) is 12.6 Å². The molecule has 1 heterocycles. The second kappa shape index (κ2) is 5.49. The van der Waals surface area contributed by atoms with Crippen LogP contribution in [-0.2, 0) is 4.74 Å². The second-order valence-electron chi connectivity index (χ2n) is 4.52. The lowest BCUT2D eigenvalue weighted by Crippen LogP contribution is -2.45. The summed E-state index contributed by atoms with van der Waals surface area (Å²) in [4.78, 5) is 2.32. The van der Waals surface area contributed by atoms with Crippen molar-refractivity contribution >= 4 is 5.69 Å². The predicted octanol–water partition coefficient (Wildman–Crippen LogP) is 1.02. The lowest BCUT2D eigenvalue weighted by Gasteiger charge is -2.36. The molecule has 0 spiro atoms. The number of rotatable bonds is 3. The molecule has 1 aliphatic heterocycles. The zero-order valence-corrected chi connectivity index (χ0v) is 10.2. The van der Waals surface area contributed by atoms with Crippen molar-refractivity contribution in [2.75, 3.05) is 32.0 Å². The fraction of sp³-hybridized carbons (Fsp3) is 0.538. The standard InChI is InChI=1S/C13H20N2O2/c1-10(11-3-2-4-12(14)7-11)15-5-6-17-13(8-15)9-16/h2-4,7,10,13,16H,5-6,8-9,14H2,1H3. The zero-order chi connectivity index (χ0) is 12.3. The molecule has 1 aromatic rings. The molecule has 1 fully saturated rings. The molecular weight excluding hydrogens is 216 g/mol. The summed E-state index contributed by atoms with van der Waals surface area (Å²) in [5, 5.41) is 9.13. The number of nitrogens with two attached hydrogens (primary N) is 1. The van der Waals surface area contributed by atoms with Crippen LogP contribution in [0.1, 0.15) is 18.5 Å². The molecule has 17 heavy (non-hydrogen) atoms. The van der Waals surface area contributed by atoms with E-state index in [9.17, 15) is 0 Å². The molecule has 0 aliphatic carbocycles. The third kappa shape index (κ3) is 2.97. The number of hydrogen-bond donors (Lipinski definition) is 2. The highest BCUT2D eigenvalue weighted by Crippen LogP contribution is 2.23. The number of morpholine rings is 1. The van der Waals surface area contributed by atoms with E-state index >= 15 is 0 Å².